The highest BCUT2D eigenvalue weighted by atomic mass is 16.2. The molecule has 1 aromatic rings. The molecule has 4 N–H and O–H groups in total. The number of carbonyl (C=O) groups excluding carboxylic acids is 1. The van der Waals surface area contributed by atoms with Gasteiger partial charge in [-0.1, -0.05) is 6.92 Å². The fourth-order valence-corrected chi connectivity index (χ4v) is 0.735. The lowest BCUT2D eigenvalue weighted by atomic mass is 10.4. The van der Waals surface area contributed by atoms with Crippen molar-refractivity contribution in [1.29, 1.82) is 0 Å². The van der Waals surface area contributed by atoms with Gasteiger partial charge in [0.15, 0.2) is 0 Å². The number of hydrogen-bond donors (Lipinski definition) is 3. The van der Waals surface area contributed by atoms with Gasteiger partial charge in [0.25, 0.3) is 5.91 Å². The molecule has 60 valence electrons. The van der Waals surface area contributed by atoms with E-state index in [4.69, 9.17) is 5.84 Å². The number of amides is 1. The molecule has 0 aliphatic carbocycles. The van der Waals surface area contributed by atoms with E-state index >= 15 is 0 Å². The van der Waals surface area contributed by atoms with E-state index in [1.165, 1.54) is 6.20 Å². The maximum atomic E-state index is 10.8. The quantitative estimate of drug-likeness (QED) is 0.307. The minimum Gasteiger partial charge on any atom is -0.338 e. The van der Waals surface area contributed by atoms with E-state index in [0.717, 1.165) is 12.2 Å². The molecule has 5 heteroatoms. The van der Waals surface area contributed by atoms with E-state index in [9.17, 15) is 4.79 Å². The molecule has 0 atom stereocenters. The summed E-state index contributed by atoms with van der Waals surface area (Å²) in [5, 5.41) is 0. The number of rotatable bonds is 2. The first-order chi connectivity index (χ1) is 5.27. The number of aromatic nitrogens is 2. The van der Waals surface area contributed by atoms with Gasteiger partial charge >= 0.3 is 0 Å². The van der Waals surface area contributed by atoms with Crippen molar-refractivity contribution in [2.45, 2.75) is 13.3 Å². The van der Waals surface area contributed by atoms with Crippen molar-refractivity contribution in [3.05, 3.63) is 17.7 Å². The molecule has 1 aromatic heterocycles. The highest BCUT2D eigenvalue weighted by Crippen LogP contribution is 1.96. The van der Waals surface area contributed by atoms with Crippen molar-refractivity contribution in [1.82, 2.24) is 15.4 Å². The molecule has 1 rings (SSSR count). The van der Waals surface area contributed by atoms with Crippen molar-refractivity contribution in [3.63, 3.8) is 0 Å². The van der Waals surface area contributed by atoms with Crippen LogP contribution in [0.2, 0.25) is 0 Å². The second kappa shape index (κ2) is 3.16. The highest BCUT2D eigenvalue weighted by molar-refractivity contribution is 5.91. The Morgan fingerprint density at radius 1 is 1.91 bits per heavy atom. The number of nitrogen functional groups attached to an aromatic ring is 1. The first kappa shape index (κ1) is 7.74. The van der Waals surface area contributed by atoms with Crippen LogP contribution in [0.25, 0.3) is 0 Å². The number of nitrogens with zero attached hydrogens (tertiary/aromatic N) is 1. The zero-order valence-electron chi connectivity index (χ0n) is 6.22. The summed E-state index contributed by atoms with van der Waals surface area (Å²) in [6, 6.07) is 0. The molecule has 5 nitrogen and oxygen atoms in total. The van der Waals surface area contributed by atoms with E-state index in [1.807, 2.05) is 12.3 Å². The normalized spacial score (nSPS) is 9.64. The summed E-state index contributed by atoms with van der Waals surface area (Å²) >= 11 is 0. The lowest BCUT2D eigenvalue weighted by Crippen LogP contribution is -2.30. The fourth-order valence-electron chi connectivity index (χ4n) is 0.735. The third-order valence-corrected chi connectivity index (χ3v) is 1.34. The summed E-state index contributed by atoms with van der Waals surface area (Å²) in [6.45, 7) is 1.95. The Balaban J connectivity index is 2.80. The summed E-state index contributed by atoms with van der Waals surface area (Å²) in [7, 11) is 0. The van der Waals surface area contributed by atoms with Crippen LogP contribution in [-0.2, 0) is 6.42 Å². The lowest BCUT2D eigenvalue weighted by molar-refractivity contribution is 0.0949. The van der Waals surface area contributed by atoms with Gasteiger partial charge in [-0.15, -0.1) is 0 Å². The molecule has 1 amide bonds. The van der Waals surface area contributed by atoms with E-state index in [-0.39, 0.29) is 5.91 Å². The van der Waals surface area contributed by atoms with Gasteiger partial charge in [-0.2, -0.15) is 0 Å². The first-order valence-corrected chi connectivity index (χ1v) is 3.32. The van der Waals surface area contributed by atoms with Crippen LogP contribution in [-0.4, -0.2) is 15.9 Å². The molecule has 0 aromatic carbocycles. The molecule has 0 bridgehead atoms. The molecule has 0 aliphatic rings. The summed E-state index contributed by atoms with van der Waals surface area (Å²) in [6.07, 6.45) is 2.23. The first-order valence-electron chi connectivity index (χ1n) is 3.32. The second-order valence-corrected chi connectivity index (χ2v) is 2.07. The van der Waals surface area contributed by atoms with Crippen LogP contribution in [0.3, 0.4) is 0 Å². The third kappa shape index (κ3) is 1.56. The van der Waals surface area contributed by atoms with E-state index in [1.54, 1.807) is 0 Å². The molecule has 0 fully saturated rings. The molecule has 0 unspecified atom stereocenters. The molecule has 11 heavy (non-hydrogen) atoms. The SMILES string of the molecule is CCc1ncc(C(=O)NN)[nH]1. The van der Waals surface area contributed by atoms with Gasteiger partial charge < -0.3 is 4.98 Å². The minimum atomic E-state index is -0.350. The zero-order valence-corrected chi connectivity index (χ0v) is 6.22. The molecule has 0 spiro atoms. The second-order valence-electron chi connectivity index (χ2n) is 2.07. The number of nitrogens with one attached hydrogen (secondary N) is 2. The summed E-state index contributed by atoms with van der Waals surface area (Å²) in [5.41, 5.74) is 2.40. The van der Waals surface area contributed by atoms with Crippen LogP contribution in [0.15, 0.2) is 6.20 Å². The summed E-state index contributed by atoms with van der Waals surface area (Å²) in [5.74, 6) is 5.34. The summed E-state index contributed by atoms with van der Waals surface area (Å²) < 4.78 is 0. The minimum absolute atomic E-state index is 0.350. The van der Waals surface area contributed by atoms with Crippen LogP contribution >= 0.6 is 0 Å². The number of aromatic amines is 1. The topological polar surface area (TPSA) is 83.8 Å². The Hall–Kier alpha value is -1.36. The van der Waals surface area contributed by atoms with Crippen molar-refractivity contribution in [2.75, 3.05) is 0 Å². The molecule has 0 saturated heterocycles. The van der Waals surface area contributed by atoms with Gasteiger partial charge in [0.05, 0.1) is 6.20 Å². The highest BCUT2D eigenvalue weighted by Gasteiger charge is 2.05. The van der Waals surface area contributed by atoms with Crippen molar-refractivity contribution < 1.29 is 4.79 Å². The predicted molar refractivity (Wildman–Crippen MR) is 39.6 cm³/mol. The number of hydrogen-bond acceptors (Lipinski definition) is 3. The van der Waals surface area contributed by atoms with Gasteiger partial charge in [0.1, 0.15) is 11.5 Å². The lowest BCUT2D eigenvalue weighted by Gasteiger charge is -1.92. The Morgan fingerprint density at radius 2 is 2.64 bits per heavy atom. The van der Waals surface area contributed by atoms with Crippen molar-refractivity contribution >= 4 is 5.91 Å². The average Bonchev–Trinajstić information content (AvgIpc) is 2.50. The number of imidazole rings is 1. The van der Waals surface area contributed by atoms with E-state index in [2.05, 4.69) is 9.97 Å². The molecule has 0 radical (unpaired) electrons. The van der Waals surface area contributed by atoms with Crippen LogP contribution < -0.4 is 11.3 Å². The fraction of sp³-hybridized carbons (Fsp3) is 0.333. The van der Waals surface area contributed by atoms with Gasteiger partial charge in [0.2, 0.25) is 0 Å². The standard InChI is InChI=1S/C6H10N4O/c1-2-5-8-3-4(9-5)6(11)10-7/h3H,2,7H2,1H3,(H,8,9)(H,10,11). The zero-order chi connectivity index (χ0) is 8.27. The van der Waals surface area contributed by atoms with Crippen LogP contribution in [0, 0.1) is 0 Å². The van der Waals surface area contributed by atoms with Crippen LogP contribution in [0.4, 0.5) is 0 Å². The number of nitrogens with two attached hydrogens (primary N) is 1. The largest absolute Gasteiger partial charge is 0.338 e. The van der Waals surface area contributed by atoms with Crippen molar-refractivity contribution in [2.24, 2.45) is 5.84 Å². The molecule has 1 heterocycles. The smallest absolute Gasteiger partial charge is 0.283 e. The van der Waals surface area contributed by atoms with Gasteiger partial charge in [0, 0.05) is 6.42 Å². The number of aryl methyl sites for hydroxylation is 1. The Labute approximate surface area is 64.0 Å². The Bertz CT molecular complexity index is 255. The van der Waals surface area contributed by atoms with Crippen LogP contribution in [0.1, 0.15) is 23.2 Å². The van der Waals surface area contributed by atoms with Crippen LogP contribution in [0.5, 0.6) is 0 Å². The maximum absolute atomic E-state index is 10.8. The van der Waals surface area contributed by atoms with Gasteiger partial charge in [-0.05, 0) is 0 Å². The van der Waals surface area contributed by atoms with Gasteiger partial charge in [-0.25, -0.2) is 10.8 Å². The number of carbonyl (C=O) groups is 1. The molecular formula is C6H10N4O. The monoisotopic (exact) mass is 154 g/mol. The molecule has 0 aliphatic heterocycles. The Kier molecular flexibility index (Phi) is 2.22. The Morgan fingerprint density at radius 3 is 3.09 bits per heavy atom. The maximum Gasteiger partial charge on any atom is 0.283 e. The van der Waals surface area contributed by atoms with Gasteiger partial charge in [-0.3, -0.25) is 10.2 Å². The summed E-state index contributed by atoms with van der Waals surface area (Å²) in [4.78, 5) is 17.6. The van der Waals surface area contributed by atoms with Crippen molar-refractivity contribution in [3.8, 4) is 0 Å². The predicted octanol–water partition coefficient (Wildman–Crippen LogP) is -0.424. The van der Waals surface area contributed by atoms with E-state index in [0.29, 0.717) is 5.69 Å². The third-order valence-electron chi connectivity index (χ3n) is 1.34. The molecular weight excluding hydrogens is 144 g/mol. The van der Waals surface area contributed by atoms with E-state index < -0.39 is 0 Å². The number of H-pyrrole nitrogens is 1. The molecule has 0 saturated carbocycles. The number of hydrazine groups is 1. The average molecular weight is 154 g/mol.